The molecule has 1 aliphatic rings. The molecule has 4 aromatic rings. The number of fused-ring (bicyclic) bond motifs is 1. The van der Waals surface area contributed by atoms with Gasteiger partial charge in [-0.05, 0) is 92.0 Å². The predicted octanol–water partition coefficient (Wildman–Crippen LogP) is 3.00. The molecule has 2 aromatic heterocycles. The van der Waals surface area contributed by atoms with Crippen molar-refractivity contribution in [3.05, 3.63) is 78.6 Å². The van der Waals surface area contributed by atoms with E-state index in [9.17, 15) is 26.7 Å². The molecule has 2 amide bonds. The summed E-state index contributed by atoms with van der Waals surface area (Å²) >= 11 is 0. The van der Waals surface area contributed by atoms with Gasteiger partial charge in [-0.3, -0.25) is 15.4 Å². The van der Waals surface area contributed by atoms with E-state index in [1.54, 1.807) is 42.7 Å². The van der Waals surface area contributed by atoms with Crippen molar-refractivity contribution in [2.75, 3.05) is 41.2 Å². The normalized spacial score (nSPS) is 15.9. The molecule has 5 rings (SSSR count). The first-order chi connectivity index (χ1) is 21.0. The fourth-order valence-corrected chi connectivity index (χ4v) is 7.74. The quantitative estimate of drug-likeness (QED) is 0.129. The molecule has 2 aromatic carbocycles. The van der Waals surface area contributed by atoms with Gasteiger partial charge in [0.25, 0.3) is 0 Å². The van der Waals surface area contributed by atoms with Crippen LogP contribution >= 0.6 is 0 Å². The fourth-order valence-electron chi connectivity index (χ4n) is 5.28. The molecule has 1 fully saturated rings. The van der Waals surface area contributed by atoms with Gasteiger partial charge in [-0.1, -0.05) is 6.07 Å². The third-order valence-corrected chi connectivity index (χ3v) is 10.1. The Balaban J connectivity index is 1.32. The van der Waals surface area contributed by atoms with E-state index < -0.39 is 37.4 Å². The van der Waals surface area contributed by atoms with Gasteiger partial charge in [-0.2, -0.15) is 0 Å². The van der Waals surface area contributed by atoms with Crippen LogP contribution in [0.4, 0.5) is 22.0 Å². The van der Waals surface area contributed by atoms with Crippen LogP contribution in [0.2, 0.25) is 0 Å². The first kappa shape index (κ1) is 31.4. The number of amides is 2. The monoisotopic (exact) mass is 641 g/mol. The van der Waals surface area contributed by atoms with Crippen LogP contribution in [0.1, 0.15) is 24.5 Å². The number of aromatic nitrogens is 2. The number of nitrogens with zero attached hydrogens (tertiary/aromatic N) is 1. The average molecular weight is 642 g/mol. The van der Waals surface area contributed by atoms with E-state index in [1.165, 1.54) is 30.3 Å². The molecule has 2 unspecified atom stereocenters. The van der Waals surface area contributed by atoms with E-state index in [-0.39, 0.29) is 23.0 Å². The zero-order chi connectivity index (χ0) is 31.3. The smallest absolute Gasteiger partial charge is 0.324 e. The summed E-state index contributed by atoms with van der Waals surface area (Å²) in [7, 11) is -7.50. The summed E-state index contributed by atoms with van der Waals surface area (Å²) in [6, 6.07) is 15.5. The van der Waals surface area contributed by atoms with Crippen molar-refractivity contribution in [3.63, 3.8) is 0 Å². The van der Waals surface area contributed by atoms with E-state index in [0.29, 0.717) is 53.9 Å². The second kappa shape index (κ2) is 13.3. The highest BCUT2D eigenvalue weighted by atomic mass is 32.2. The second-order valence-corrected chi connectivity index (χ2v) is 14.5. The number of pyridine rings is 1. The lowest BCUT2D eigenvalue weighted by Crippen LogP contribution is -2.47. The van der Waals surface area contributed by atoms with Crippen LogP contribution in [0.3, 0.4) is 0 Å². The summed E-state index contributed by atoms with van der Waals surface area (Å²) < 4.78 is 54.2. The first-order valence-electron chi connectivity index (χ1n) is 14.0. The molecule has 0 aliphatic carbocycles. The number of anilines is 3. The number of carbonyl (C=O) groups is 1. The third kappa shape index (κ3) is 7.73. The maximum absolute atomic E-state index is 14.0. The van der Waals surface area contributed by atoms with Gasteiger partial charge in [0.15, 0.2) is 9.84 Å². The number of urea groups is 1. The largest absolute Gasteiger partial charge is 0.387 e. The van der Waals surface area contributed by atoms with Crippen molar-refractivity contribution in [1.82, 2.24) is 20.6 Å². The summed E-state index contributed by atoms with van der Waals surface area (Å²) in [6.07, 6.45) is 4.38. The van der Waals surface area contributed by atoms with E-state index in [4.69, 9.17) is 0 Å². The van der Waals surface area contributed by atoms with E-state index >= 15 is 0 Å². The lowest BCUT2D eigenvalue weighted by atomic mass is 9.97. The Labute approximate surface area is 255 Å². The van der Waals surface area contributed by atoms with Crippen LogP contribution in [0.25, 0.3) is 10.9 Å². The Hall–Kier alpha value is -4.02. The molecule has 0 saturated carbocycles. The number of benzene rings is 2. The molecular formula is C29H35N7O6S2. The second-order valence-electron chi connectivity index (χ2n) is 10.7. The number of aliphatic hydroxyl groups is 1. The third-order valence-electron chi connectivity index (χ3n) is 7.37. The van der Waals surface area contributed by atoms with Crippen LogP contribution in [0, 0.1) is 5.92 Å². The van der Waals surface area contributed by atoms with Crippen LogP contribution in [0.15, 0.2) is 78.0 Å². The van der Waals surface area contributed by atoms with Crippen molar-refractivity contribution in [2.45, 2.75) is 29.2 Å². The molecule has 3 heterocycles. The molecule has 0 spiro atoms. The maximum atomic E-state index is 14.0. The zero-order valence-electron chi connectivity index (χ0n) is 23.9. The number of nitrogens with one attached hydrogen (secondary N) is 6. The molecule has 0 bridgehead atoms. The minimum Gasteiger partial charge on any atom is -0.387 e. The molecule has 7 N–H and O–H groups in total. The topological polar surface area (TPSA) is 194 Å². The number of aromatic amines is 1. The van der Waals surface area contributed by atoms with Crippen molar-refractivity contribution in [2.24, 2.45) is 5.92 Å². The Morgan fingerprint density at radius 2 is 1.77 bits per heavy atom. The van der Waals surface area contributed by atoms with Gasteiger partial charge in [-0.15, -0.1) is 0 Å². The number of piperidine rings is 1. The number of sulfone groups is 1. The lowest BCUT2D eigenvalue weighted by Gasteiger charge is -2.32. The van der Waals surface area contributed by atoms with Crippen molar-refractivity contribution in [3.8, 4) is 0 Å². The molecule has 44 heavy (non-hydrogen) atoms. The van der Waals surface area contributed by atoms with E-state index in [1.807, 2.05) is 0 Å². The Kier molecular flexibility index (Phi) is 9.51. The molecule has 1 aliphatic heterocycles. The maximum Gasteiger partial charge on any atom is 0.324 e. The van der Waals surface area contributed by atoms with E-state index in [2.05, 4.69) is 36.0 Å². The van der Waals surface area contributed by atoms with Crippen molar-refractivity contribution >= 4 is 54.0 Å². The number of hydrogen-bond donors (Lipinski definition) is 7. The first-order valence-corrected chi connectivity index (χ1v) is 17.5. The van der Waals surface area contributed by atoms with E-state index in [0.717, 1.165) is 6.26 Å². The zero-order valence-corrected chi connectivity index (χ0v) is 25.6. The predicted molar refractivity (Wildman–Crippen MR) is 170 cm³/mol. The molecule has 0 radical (unpaired) electrons. The van der Waals surface area contributed by atoms with Crippen LogP contribution in [-0.2, 0) is 19.9 Å². The molecular weight excluding hydrogens is 606 g/mol. The Morgan fingerprint density at radius 3 is 2.45 bits per heavy atom. The van der Waals surface area contributed by atoms with Crippen LogP contribution in [-0.4, -0.2) is 69.2 Å². The standard InChI is InChI=1S/C29H35N7O6S2/c1-43(39,40)36-24-17-21(16-20-11-15-32-27(20)24)25(37)18-33-28(19-9-13-30-14-10-19)44(41,42)23-7-5-22(6-8-23)34-29(38)35-26-4-2-3-12-31-26/h2-8,11-12,15-17,19,25,28,30,32-33,36-37H,9-10,13-14,18H2,1H3,(H2,31,34,35,38). The minimum absolute atomic E-state index is 0.0760. The van der Waals surface area contributed by atoms with Gasteiger partial charge in [0, 0.05) is 30.0 Å². The summed E-state index contributed by atoms with van der Waals surface area (Å²) in [5.74, 6) is 0.156. The highest BCUT2D eigenvalue weighted by Crippen LogP contribution is 2.30. The number of carbonyl (C=O) groups excluding carboxylic acids is 1. The summed E-state index contributed by atoms with van der Waals surface area (Å²) in [4.78, 5) is 19.4. The summed E-state index contributed by atoms with van der Waals surface area (Å²) in [6.45, 7) is 1.25. The molecule has 15 heteroatoms. The highest BCUT2D eigenvalue weighted by Gasteiger charge is 2.35. The average Bonchev–Trinajstić information content (AvgIpc) is 3.47. The number of sulfonamides is 1. The summed E-state index contributed by atoms with van der Waals surface area (Å²) in [5, 5.41) is 22.5. The minimum atomic E-state index is -3.92. The molecule has 13 nitrogen and oxygen atoms in total. The summed E-state index contributed by atoms with van der Waals surface area (Å²) in [5.41, 5.74) is 1.69. The number of rotatable bonds is 11. The van der Waals surface area contributed by atoms with Crippen LogP contribution < -0.4 is 26.0 Å². The lowest BCUT2D eigenvalue weighted by molar-refractivity contribution is 0.168. The molecule has 1 saturated heterocycles. The van der Waals surface area contributed by atoms with Gasteiger partial charge in [-0.25, -0.2) is 26.6 Å². The molecule has 234 valence electrons. The van der Waals surface area contributed by atoms with Gasteiger partial charge >= 0.3 is 6.03 Å². The van der Waals surface area contributed by atoms with Gasteiger partial charge < -0.3 is 20.7 Å². The van der Waals surface area contributed by atoms with Gasteiger partial charge in [0.05, 0.1) is 28.5 Å². The Bertz CT molecular complexity index is 1810. The van der Waals surface area contributed by atoms with Gasteiger partial charge in [0.1, 0.15) is 11.2 Å². The highest BCUT2D eigenvalue weighted by molar-refractivity contribution is 7.92. The fraction of sp³-hybridized carbons (Fsp3) is 0.310. The van der Waals surface area contributed by atoms with Crippen molar-refractivity contribution in [1.29, 1.82) is 0 Å². The number of H-pyrrole nitrogens is 1. The molecule has 2 atom stereocenters. The number of hydrogen-bond acceptors (Lipinski definition) is 9. The van der Waals surface area contributed by atoms with Gasteiger partial charge in [0.2, 0.25) is 10.0 Å². The van der Waals surface area contributed by atoms with Crippen LogP contribution in [0.5, 0.6) is 0 Å². The Morgan fingerprint density at radius 1 is 1.02 bits per heavy atom. The number of aliphatic hydroxyl groups excluding tert-OH is 1. The SMILES string of the molecule is CS(=O)(=O)Nc1cc(C(O)CNC(C2CCNCC2)S(=O)(=O)c2ccc(NC(=O)Nc3ccccn3)cc2)cc2cc[nH]c12. The van der Waals surface area contributed by atoms with Crippen molar-refractivity contribution < 1.29 is 26.7 Å².